The molecular weight excluding hydrogens is 545 g/mol. The maximum absolute atomic E-state index is 13.0. The van der Waals surface area contributed by atoms with Gasteiger partial charge in [0, 0.05) is 22.7 Å². The van der Waals surface area contributed by atoms with Crippen molar-refractivity contribution < 1.29 is 35.9 Å². The van der Waals surface area contributed by atoms with Crippen molar-refractivity contribution in [2.45, 2.75) is 47.5 Å². The summed E-state index contributed by atoms with van der Waals surface area (Å²) in [6, 6.07) is 8.66. The van der Waals surface area contributed by atoms with Crippen LogP contribution in [0.3, 0.4) is 0 Å². The number of amides is 2. The number of nitrogens with one attached hydrogen (secondary N) is 2. The van der Waals surface area contributed by atoms with Crippen LogP contribution >= 0.6 is 11.8 Å². The maximum Gasteiger partial charge on any atom is 0.573 e. The molecule has 2 aromatic carbocycles. The molecule has 0 aromatic heterocycles. The summed E-state index contributed by atoms with van der Waals surface area (Å²) in [4.78, 5) is 26.2. The molecule has 6 N–H and O–H groups in total. The first kappa shape index (κ1) is 29.6. The summed E-state index contributed by atoms with van der Waals surface area (Å²) in [7, 11) is -3.63. The third-order valence-electron chi connectivity index (χ3n) is 6.14. The molecule has 1 saturated carbocycles. The van der Waals surface area contributed by atoms with E-state index in [2.05, 4.69) is 15.4 Å². The van der Waals surface area contributed by atoms with Gasteiger partial charge in [-0.15, -0.1) is 24.9 Å². The fraction of sp³-hybridized carbons (Fsp3) is 0.417. The molecule has 0 saturated heterocycles. The van der Waals surface area contributed by atoms with E-state index in [0.717, 1.165) is 23.1 Å². The van der Waals surface area contributed by atoms with Crippen LogP contribution in [0.15, 0.2) is 52.3 Å². The summed E-state index contributed by atoms with van der Waals surface area (Å²) >= 11 is 1.50. The first-order valence-corrected chi connectivity index (χ1v) is 14.5. The van der Waals surface area contributed by atoms with Crippen molar-refractivity contribution in [1.29, 1.82) is 0 Å². The molecule has 3 rings (SSSR count). The summed E-state index contributed by atoms with van der Waals surface area (Å²) < 4.78 is 67.3. The first-order valence-electron chi connectivity index (χ1n) is 11.6. The standard InChI is InChI=1S/C24H29F3N4O5S2/c1-37-17-5-7-18(8-6-17)38(34,35)13-14-2-3-15(28)10-21(14)31-22(32)12-30-23(33)19-11-16(4-9-20(19)29)36-24(25,26)27/h4-9,11,14-15,21H,2-3,10,12-13,28-29H2,1H3,(H,30,33)(H,31,32)/t14-,15+,21+/m1/s1. The van der Waals surface area contributed by atoms with Gasteiger partial charge in [0.1, 0.15) is 5.75 Å². The Balaban J connectivity index is 1.63. The number of hydrogen-bond donors (Lipinski definition) is 4. The molecule has 208 valence electrons. The summed E-state index contributed by atoms with van der Waals surface area (Å²) in [5.74, 6) is -2.70. The second-order valence-electron chi connectivity index (χ2n) is 8.94. The lowest BCUT2D eigenvalue weighted by Crippen LogP contribution is -2.51. The van der Waals surface area contributed by atoms with Crippen LogP contribution in [0.5, 0.6) is 5.75 Å². The average Bonchev–Trinajstić information content (AvgIpc) is 2.84. The number of thioether (sulfide) groups is 1. The molecule has 0 heterocycles. The maximum atomic E-state index is 13.0. The van der Waals surface area contributed by atoms with Gasteiger partial charge in [-0.1, -0.05) is 0 Å². The van der Waals surface area contributed by atoms with Gasteiger partial charge < -0.3 is 26.8 Å². The van der Waals surface area contributed by atoms with Crippen molar-refractivity contribution in [1.82, 2.24) is 10.6 Å². The van der Waals surface area contributed by atoms with E-state index >= 15 is 0 Å². The molecule has 0 aliphatic heterocycles. The van der Waals surface area contributed by atoms with Crippen molar-refractivity contribution >= 4 is 39.1 Å². The van der Waals surface area contributed by atoms with E-state index in [1.165, 1.54) is 11.8 Å². The highest BCUT2D eigenvalue weighted by molar-refractivity contribution is 7.98. The van der Waals surface area contributed by atoms with Crippen molar-refractivity contribution in [2.75, 3.05) is 24.3 Å². The lowest BCUT2D eigenvalue weighted by molar-refractivity contribution is -0.274. The Labute approximate surface area is 222 Å². The lowest BCUT2D eigenvalue weighted by atomic mass is 9.83. The number of carbonyl (C=O) groups is 2. The summed E-state index contributed by atoms with van der Waals surface area (Å²) in [5.41, 5.74) is 11.4. The molecule has 1 aliphatic rings. The van der Waals surface area contributed by atoms with Crippen LogP contribution in [0.4, 0.5) is 18.9 Å². The summed E-state index contributed by atoms with van der Waals surface area (Å²) in [6.45, 7) is -0.510. The molecule has 38 heavy (non-hydrogen) atoms. The van der Waals surface area contributed by atoms with Gasteiger partial charge in [-0.25, -0.2) is 8.42 Å². The third-order valence-corrected chi connectivity index (χ3v) is 8.75. The van der Waals surface area contributed by atoms with Crippen molar-refractivity contribution in [3.8, 4) is 5.75 Å². The van der Waals surface area contributed by atoms with Crippen LogP contribution in [-0.2, 0) is 14.6 Å². The lowest BCUT2D eigenvalue weighted by Gasteiger charge is -2.35. The molecule has 1 aliphatic carbocycles. The molecular formula is C24H29F3N4O5S2. The van der Waals surface area contributed by atoms with Crippen LogP contribution in [0, 0.1) is 5.92 Å². The number of halogens is 3. The number of benzene rings is 2. The highest BCUT2D eigenvalue weighted by atomic mass is 32.2. The zero-order valence-electron chi connectivity index (χ0n) is 20.5. The second kappa shape index (κ2) is 12.3. The number of nitrogen functional groups attached to an aromatic ring is 1. The Morgan fingerprint density at radius 2 is 1.82 bits per heavy atom. The second-order valence-corrected chi connectivity index (χ2v) is 11.9. The van der Waals surface area contributed by atoms with Gasteiger partial charge in [0.05, 0.1) is 22.8 Å². The quantitative estimate of drug-likeness (QED) is 0.263. The minimum Gasteiger partial charge on any atom is -0.406 e. The Morgan fingerprint density at radius 1 is 1.13 bits per heavy atom. The molecule has 0 unspecified atom stereocenters. The van der Waals surface area contributed by atoms with Crippen LogP contribution in [-0.4, -0.2) is 57.2 Å². The van der Waals surface area contributed by atoms with E-state index in [9.17, 15) is 31.2 Å². The zero-order valence-corrected chi connectivity index (χ0v) is 22.1. The summed E-state index contributed by atoms with van der Waals surface area (Å²) in [5, 5.41) is 5.06. The van der Waals surface area contributed by atoms with Gasteiger partial charge in [0.15, 0.2) is 9.84 Å². The number of nitrogens with two attached hydrogens (primary N) is 2. The van der Waals surface area contributed by atoms with Crippen LogP contribution < -0.4 is 26.8 Å². The number of alkyl halides is 3. The molecule has 2 aromatic rings. The van der Waals surface area contributed by atoms with Crippen molar-refractivity contribution in [3.05, 3.63) is 48.0 Å². The number of ether oxygens (including phenoxy) is 1. The molecule has 0 radical (unpaired) electrons. The van der Waals surface area contributed by atoms with Gasteiger partial charge in [0.2, 0.25) is 5.91 Å². The molecule has 1 fully saturated rings. The van der Waals surface area contributed by atoms with E-state index in [1.807, 2.05) is 6.26 Å². The molecule has 3 atom stereocenters. The van der Waals surface area contributed by atoms with E-state index < -0.39 is 52.3 Å². The van der Waals surface area contributed by atoms with Gasteiger partial charge >= 0.3 is 6.36 Å². The predicted octanol–water partition coefficient (Wildman–Crippen LogP) is 2.71. The number of rotatable bonds is 9. The Hall–Kier alpha value is -2.97. The van der Waals surface area contributed by atoms with E-state index in [1.54, 1.807) is 24.3 Å². The fourth-order valence-corrected chi connectivity index (χ4v) is 6.36. The Kier molecular flexibility index (Phi) is 9.54. The molecule has 14 heteroatoms. The number of anilines is 1. The number of sulfone groups is 1. The SMILES string of the molecule is CSc1ccc(S(=O)(=O)C[C@H]2CC[C@H](N)C[C@@H]2NC(=O)CNC(=O)c2cc(OC(F)(F)F)ccc2N)cc1. The monoisotopic (exact) mass is 574 g/mol. The van der Waals surface area contributed by atoms with Crippen LogP contribution in [0.2, 0.25) is 0 Å². The average molecular weight is 575 g/mol. The highest BCUT2D eigenvalue weighted by Crippen LogP contribution is 2.29. The van der Waals surface area contributed by atoms with Gasteiger partial charge in [-0.3, -0.25) is 9.59 Å². The van der Waals surface area contributed by atoms with E-state index in [4.69, 9.17) is 11.5 Å². The predicted molar refractivity (Wildman–Crippen MR) is 137 cm³/mol. The summed E-state index contributed by atoms with van der Waals surface area (Å²) in [6.07, 6.45) is -1.62. The first-order chi connectivity index (χ1) is 17.8. The molecule has 9 nitrogen and oxygen atoms in total. The van der Waals surface area contributed by atoms with E-state index in [0.29, 0.717) is 19.3 Å². The largest absolute Gasteiger partial charge is 0.573 e. The Morgan fingerprint density at radius 3 is 2.45 bits per heavy atom. The number of carbonyl (C=O) groups excluding carboxylic acids is 2. The van der Waals surface area contributed by atoms with Gasteiger partial charge in [0.25, 0.3) is 5.91 Å². The normalized spacial score (nSPS) is 20.0. The third kappa shape index (κ3) is 8.27. The topological polar surface area (TPSA) is 154 Å². The van der Waals surface area contributed by atoms with E-state index in [-0.39, 0.29) is 27.9 Å². The smallest absolute Gasteiger partial charge is 0.406 e. The minimum atomic E-state index is -4.95. The molecule has 0 bridgehead atoms. The van der Waals surface area contributed by atoms with Crippen LogP contribution in [0.1, 0.15) is 29.6 Å². The number of hydrogen-bond acceptors (Lipinski definition) is 8. The fourth-order valence-electron chi connectivity index (χ4n) is 4.25. The molecule has 2 amide bonds. The Bertz CT molecular complexity index is 1260. The zero-order chi connectivity index (χ0) is 28.1. The van der Waals surface area contributed by atoms with Crippen LogP contribution in [0.25, 0.3) is 0 Å². The van der Waals surface area contributed by atoms with Crippen molar-refractivity contribution in [3.63, 3.8) is 0 Å². The minimum absolute atomic E-state index is 0.105. The molecule has 0 spiro atoms. The van der Waals surface area contributed by atoms with Gasteiger partial charge in [-0.2, -0.15) is 0 Å². The van der Waals surface area contributed by atoms with Crippen molar-refractivity contribution in [2.24, 2.45) is 11.7 Å². The van der Waals surface area contributed by atoms with Gasteiger partial charge in [-0.05, 0) is 73.9 Å². The highest BCUT2D eigenvalue weighted by Gasteiger charge is 2.34.